The molecule has 0 heterocycles. The molecule has 0 radical (unpaired) electrons. The van der Waals surface area contributed by atoms with Crippen LogP contribution in [0, 0.1) is 0 Å². The second-order valence-corrected chi connectivity index (χ2v) is 4.64. The van der Waals surface area contributed by atoms with Crippen molar-refractivity contribution in [2.24, 2.45) is 0 Å². The van der Waals surface area contributed by atoms with Gasteiger partial charge in [-0.05, 0) is 41.7 Å². The lowest BCUT2D eigenvalue weighted by atomic mass is 9.80. The monoisotopic (exact) mass is 286 g/mol. The molecule has 0 aliphatic heterocycles. The van der Waals surface area contributed by atoms with Gasteiger partial charge < -0.3 is 19.5 Å². The van der Waals surface area contributed by atoms with Crippen LogP contribution in [0.15, 0.2) is 48.5 Å². The summed E-state index contributed by atoms with van der Waals surface area (Å²) < 4.78 is 11.2. The van der Waals surface area contributed by atoms with Crippen molar-refractivity contribution < 1.29 is 19.5 Å². The highest BCUT2D eigenvalue weighted by Gasteiger charge is 2.10. The van der Waals surface area contributed by atoms with E-state index in [1.54, 1.807) is 24.3 Å². The topological polar surface area (TPSA) is 58.9 Å². The Kier molecular flexibility index (Phi) is 5.66. The Morgan fingerprint density at radius 1 is 0.905 bits per heavy atom. The Labute approximate surface area is 125 Å². The zero-order valence-corrected chi connectivity index (χ0v) is 12.0. The van der Waals surface area contributed by atoms with Crippen molar-refractivity contribution in [1.82, 2.24) is 0 Å². The highest BCUT2D eigenvalue weighted by atomic mass is 16.5. The normalized spacial score (nSPS) is 10.2. The van der Waals surface area contributed by atoms with Gasteiger partial charge in [-0.2, -0.15) is 0 Å². The molecule has 0 saturated carbocycles. The number of rotatable bonds is 7. The minimum Gasteiger partial charge on any atom is -0.490 e. The maximum absolute atomic E-state index is 9.09. The van der Waals surface area contributed by atoms with Crippen LogP contribution < -0.4 is 14.9 Å². The fraction of sp³-hybridized carbons (Fsp3) is 0.250. The van der Waals surface area contributed by atoms with E-state index in [1.807, 2.05) is 18.2 Å². The maximum atomic E-state index is 9.09. The van der Waals surface area contributed by atoms with Gasteiger partial charge in [0, 0.05) is 0 Å². The molecule has 0 fully saturated rings. The minimum absolute atomic E-state index is 0.390. The molecular formula is C16H19BO4. The molecule has 0 aromatic heterocycles. The van der Waals surface area contributed by atoms with Crippen molar-refractivity contribution in [2.75, 3.05) is 13.2 Å². The quantitative estimate of drug-likeness (QED) is 0.596. The molecule has 0 unspecified atom stereocenters. The Bertz CT molecular complexity index is 572. The lowest BCUT2D eigenvalue weighted by Crippen LogP contribution is -2.29. The maximum Gasteiger partial charge on any atom is 0.488 e. The van der Waals surface area contributed by atoms with Crippen LogP contribution in [0.2, 0.25) is 0 Å². The van der Waals surface area contributed by atoms with Gasteiger partial charge in [0.2, 0.25) is 0 Å². The summed E-state index contributed by atoms with van der Waals surface area (Å²) in [5.41, 5.74) is 1.64. The first-order chi connectivity index (χ1) is 10.2. The number of hydrogen-bond donors (Lipinski definition) is 2. The minimum atomic E-state index is -1.48. The summed E-state index contributed by atoms with van der Waals surface area (Å²) in [5.74, 6) is 1.42. The molecule has 0 spiro atoms. The second-order valence-electron chi connectivity index (χ2n) is 4.64. The van der Waals surface area contributed by atoms with Gasteiger partial charge in [-0.15, -0.1) is 0 Å². The van der Waals surface area contributed by atoms with E-state index in [0.717, 1.165) is 12.2 Å². The van der Waals surface area contributed by atoms with Crippen LogP contribution in [0.3, 0.4) is 0 Å². The molecule has 4 nitrogen and oxygen atoms in total. The molecule has 21 heavy (non-hydrogen) atoms. The van der Waals surface area contributed by atoms with Crippen LogP contribution in [0.4, 0.5) is 0 Å². The first kappa shape index (κ1) is 15.4. The van der Waals surface area contributed by atoms with Crippen LogP contribution in [-0.2, 0) is 6.42 Å². The van der Waals surface area contributed by atoms with E-state index in [0.29, 0.717) is 24.4 Å². The lowest BCUT2D eigenvalue weighted by molar-refractivity contribution is 0.217. The summed E-state index contributed by atoms with van der Waals surface area (Å²) in [4.78, 5) is 0. The standard InChI is InChI=1S/C16H19BO4/c1-2-13-5-3-7-15(11-13)20-9-10-21-16-8-4-6-14(12-16)17(18)19/h3-8,11-12,18-19H,2,9-10H2,1H3. The third kappa shape index (κ3) is 4.81. The fourth-order valence-corrected chi connectivity index (χ4v) is 1.94. The van der Waals surface area contributed by atoms with Crippen LogP contribution in [-0.4, -0.2) is 30.4 Å². The van der Waals surface area contributed by atoms with Gasteiger partial charge in [0.15, 0.2) is 0 Å². The van der Waals surface area contributed by atoms with Crippen LogP contribution in [0.1, 0.15) is 12.5 Å². The molecule has 2 aromatic rings. The summed E-state index contributed by atoms with van der Waals surface area (Å²) in [6.45, 7) is 2.92. The number of ether oxygens (including phenoxy) is 2. The molecule has 110 valence electrons. The Morgan fingerprint density at radius 3 is 2.14 bits per heavy atom. The van der Waals surface area contributed by atoms with E-state index in [-0.39, 0.29) is 0 Å². The smallest absolute Gasteiger partial charge is 0.488 e. The van der Waals surface area contributed by atoms with Gasteiger partial charge in [-0.25, -0.2) is 0 Å². The predicted molar refractivity (Wildman–Crippen MR) is 83.1 cm³/mol. The predicted octanol–water partition coefficient (Wildman–Crippen LogP) is 1.39. The van der Waals surface area contributed by atoms with Gasteiger partial charge in [0.1, 0.15) is 24.7 Å². The molecule has 0 aliphatic carbocycles. The van der Waals surface area contributed by atoms with E-state index < -0.39 is 7.12 Å². The van der Waals surface area contributed by atoms with E-state index in [2.05, 4.69) is 13.0 Å². The van der Waals surface area contributed by atoms with Crippen LogP contribution >= 0.6 is 0 Å². The van der Waals surface area contributed by atoms with Crippen molar-refractivity contribution in [2.45, 2.75) is 13.3 Å². The second kappa shape index (κ2) is 7.71. The average molecular weight is 286 g/mol. The van der Waals surface area contributed by atoms with Crippen molar-refractivity contribution >= 4 is 12.6 Å². The van der Waals surface area contributed by atoms with Crippen molar-refractivity contribution in [3.8, 4) is 11.5 Å². The Balaban J connectivity index is 1.80. The van der Waals surface area contributed by atoms with E-state index >= 15 is 0 Å². The van der Waals surface area contributed by atoms with Crippen molar-refractivity contribution in [3.05, 3.63) is 54.1 Å². The van der Waals surface area contributed by atoms with Crippen LogP contribution in [0.5, 0.6) is 11.5 Å². The molecule has 5 heteroatoms. The number of aryl methyl sites for hydroxylation is 1. The molecule has 2 aromatic carbocycles. The average Bonchev–Trinajstić information content (AvgIpc) is 2.52. The molecular weight excluding hydrogens is 267 g/mol. The third-order valence-electron chi connectivity index (χ3n) is 3.08. The van der Waals surface area contributed by atoms with Gasteiger partial charge in [-0.1, -0.05) is 31.2 Å². The van der Waals surface area contributed by atoms with E-state index in [9.17, 15) is 0 Å². The molecule has 0 amide bonds. The zero-order chi connectivity index (χ0) is 15.1. The third-order valence-corrected chi connectivity index (χ3v) is 3.08. The van der Waals surface area contributed by atoms with Gasteiger partial charge in [0.05, 0.1) is 0 Å². The highest BCUT2D eigenvalue weighted by molar-refractivity contribution is 6.58. The Hall–Kier alpha value is -1.98. The van der Waals surface area contributed by atoms with Crippen molar-refractivity contribution in [1.29, 1.82) is 0 Å². The highest BCUT2D eigenvalue weighted by Crippen LogP contribution is 2.14. The lowest BCUT2D eigenvalue weighted by Gasteiger charge is -2.10. The zero-order valence-electron chi connectivity index (χ0n) is 12.0. The summed E-state index contributed by atoms with van der Waals surface area (Å²) >= 11 is 0. The summed E-state index contributed by atoms with van der Waals surface area (Å²) in [5, 5.41) is 18.2. The molecule has 0 saturated heterocycles. The summed E-state index contributed by atoms with van der Waals surface area (Å²) in [6, 6.07) is 14.7. The molecule has 0 aliphatic rings. The fourth-order valence-electron chi connectivity index (χ4n) is 1.94. The first-order valence-electron chi connectivity index (χ1n) is 6.99. The molecule has 0 bridgehead atoms. The summed E-state index contributed by atoms with van der Waals surface area (Å²) in [7, 11) is -1.48. The summed E-state index contributed by atoms with van der Waals surface area (Å²) in [6.07, 6.45) is 0.976. The SMILES string of the molecule is CCc1cccc(OCCOc2cccc(B(O)O)c2)c1. The molecule has 2 rings (SSSR count). The van der Waals surface area contributed by atoms with Gasteiger partial charge in [0.25, 0.3) is 0 Å². The number of hydrogen-bond acceptors (Lipinski definition) is 4. The first-order valence-corrected chi connectivity index (χ1v) is 6.99. The largest absolute Gasteiger partial charge is 0.490 e. The van der Waals surface area contributed by atoms with Crippen LogP contribution in [0.25, 0.3) is 0 Å². The number of benzene rings is 2. The van der Waals surface area contributed by atoms with E-state index in [4.69, 9.17) is 19.5 Å². The molecule has 0 atom stereocenters. The van der Waals surface area contributed by atoms with E-state index in [1.165, 1.54) is 5.56 Å². The molecule has 2 N–H and O–H groups in total. The Morgan fingerprint density at radius 2 is 1.52 bits per heavy atom. The van der Waals surface area contributed by atoms with Gasteiger partial charge in [-0.3, -0.25) is 0 Å². The van der Waals surface area contributed by atoms with Crippen molar-refractivity contribution in [3.63, 3.8) is 0 Å². The van der Waals surface area contributed by atoms with Gasteiger partial charge >= 0.3 is 7.12 Å².